The number of aromatic nitrogens is 4. The zero-order valence-corrected chi connectivity index (χ0v) is 24.7. The third-order valence-corrected chi connectivity index (χ3v) is 9.23. The number of anilines is 2. The van der Waals surface area contributed by atoms with E-state index in [1.165, 1.54) is 21.1 Å². The molecule has 3 aromatic rings. The van der Waals surface area contributed by atoms with Gasteiger partial charge >= 0.3 is 6.18 Å². The number of piperidine rings is 1. The third kappa shape index (κ3) is 6.37. The molecule has 2 aliphatic heterocycles. The van der Waals surface area contributed by atoms with E-state index in [1.807, 2.05) is 14.1 Å². The number of sulfonamides is 1. The zero-order valence-electron chi connectivity index (χ0n) is 23.9. The van der Waals surface area contributed by atoms with Crippen LogP contribution in [0.15, 0.2) is 30.6 Å². The van der Waals surface area contributed by atoms with Gasteiger partial charge < -0.3 is 19.7 Å². The molecule has 1 atom stereocenters. The molecular weight excluding hydrogens is 576 g/mol. The highest BCUT2D eigenvalue weighted by molar-refractivity contribution is 7.88. The van der Waals surface area contributed by atoms with Gasteiger partial charge in [0.05, 0.1) is 11.9 Å². The van der Waals surface area contributed by atoms with E-state index >= 15 is 4.39 Å². The smallest absolute Gasteiger partial charge is 0.370 e. The van der Waals surface area contributed by atoms with Gasteiger partial charge in [0, 0.05) is 56.3 Å². The topological polar surface area (TPSA) is 99.5 Å². The van der Waals surface area contributed by atoms with Crippen LogP contribution in [0.25, 0.3) is 17.1 Å². The van der Waals surface area contributed by atoms with Crippen molar-refractivity contribution in [2.45, 2.75) is 44.4 Å². The van der Waals surface area contributed by atoms with Crippen molar-refractivity contribution in [2.75, 3.05) is 56.7 Å². The van der Waals surface area contributed by atoms with E-state index in [2.05, 4.69) is 30.1 Å². The minimum atomic E-state index is -4.75. The molecule has 5 rings (SSSR count). The Labute approximate surface area is 242 Å². The van der Waals surface area contributed by atoms with Gasteiger partial charge in [0.15, 0.2) is 0 Å². The number of nitrogens with one attached hydrogen (secondary N) is 1. The molecule has 0 radical (unpaired) electrons. The first-order valence-corrected chi connectivity index (χ1v) is 15.5. The van der Waals surface area contributed by atoms with Crippen LogP contribution in [0.5, 0.6) is 0 Å². The van der Waals surface area contributed by atoms with Crippen LogP contribution in [0.1, 0.15) is 30.7 Å². The van der Waals surface area contributed by atoms with Gasteiger partial charge in [-0.15, -0.1) is 0 Å². The van der Waals surface area contributed by atoms with Gasteiger partial charge in [-0.2, -0.15) is 13.2 Å². The molecule has 0 saturated carbocycles. The Bertz CT molecular complexity index is 1550. The fourth-order valence-corrected chi connectivity index (χ4v) is 6.36. The first-order chi connectivity index (χ1) is 19.7. The van der Waals surface area contributed by atoms with Gasteiger partial charge in [-0.05, 0) is 58.5 Å². The molecule has 2 fully saturated rings. The number of hydrogen-bond acceptors (Lipinski definition) is 8. The average molecular weight is 611 g/mol. The van der Waals surface area contributed by atoms with E-state index in [9.17, 15) is 21.6 Å². The van der Waals surface area contributed by atoms with Crippen LogP contribution in [0.2, 0.25) is 0 Å². The predicted octanol–water partition coefficient (Wildman–Crippen LogP) is 3.77. The second-order valence-corrected chi connectivity index (χ2v) is 13.0. The fraction of sp³-hybridized carbons (Fsp3) is 0.519. The van der Waals surface area contributed by atoms with Crippen LogP contribution < -0.4 is 10.2 Å². The molecule has 1 unspecified atom stereocenters. The molecule has 10 nitrogen and oxygen atoms in total. The Morgan fingerprint density at radius 3 is 2.38 bits per heavy atom. The minimum absolute atomic E-state index is 0.0276. The monoisotopic (exact) mass is 610 g/mol. The third-order valence-electron chi connectivity index (χ3n) is 7.92. The Hall–Kier alpha value is -3.30. The quantitative estimate of drug-likeness (QED) is 0.404. The summed E-state index contributed by atoms with van der Waals surface area (Å²) in [7, 11) is 0.714. The summed E-state index contributed by atoms with van der Waals surface area (Å²) in [6.07, 6.45) is 0.304. The van der Waals surface area contributed by atoms with Gasteiger partial charge in [0.1, 0.15) is 28.6 Å². The first kappa shape index (κ1) is 30.2. The van der Waals surface area contributed by atoms with Crippen molar-refractivity contribution in [3.63, 3.8) is 0 Å². The normalized spacial score (nSPS) is 19.2. The van der Waals surface area contributed by atoms with Crippen molar-refractivity contribution in [3.05, 3.63) is 47.8 Å². The Kier molecular flexibility index (Phi) is 8.20. The van der Waals surface area contributed by atoms with E-state index in [0.717, 1.165) is 31.5 Å². The summed E-state index contributed by atoms with van der Waals surface area (Å²) in [5.74, 6) is -0.255. The molecule has 2 saturated heterocycles. The number of aryl methyl sites for hydroxylation is 1. The Morgan fingerprint density at radius 1 is 1.07 bits per heavy atom. The lowest BCUT2D eigenvalue weighted by atomic mass is 10.1. The van der Waals surface area contributed by atoms with Crippen LogP contribution in [0, 0.1) is 12.7 Å². The lowest BCUT2D eigenvalue weighted by Gasteiger charge is -2.30. The van der Waals surface area contributed by atoms with Crippen molar-refractivity contribution in [2.24, 2.45) is 0 Å². The summed E-state index contributed by atoms with van der Waals surface area (Å²) in [5, 5.41) is 3.03. The van der Waals surface area contributed by atoms with E-state index in [-0.39, 0.29) is 36.5 Å². The predicted molar refractivity (Wildman–Crippen MR) is 152 cm³/mol. The standard InChI is InChI=1S/C27H34F4N8O2S/c1-17-33-23(16-39(17)24-6-5-19(13-22(24)28)37-10-9-20(15-37)36(2)3)25-21(27(29,30)31)14-32-26(35-25)34-18-7-11-38(12-8-18)42(4,40)41/h5-6,13-14,16,18,20H,7-12,15H2,1-4H3,(H,32,34,35). The summed E-state index contributed by atoms with van der Waals surface area (Å²) in [4.78, 5) is 16.6. The maximum Gasteiger partial charge on any atom is 0.420 e. The number of hydrogen-bond donors (Lipinski definition) is 1. The lowest BCUT2D eigenvalue weighted by molar-refractivity contribution is -0.137. The van der Waals surface area contributed by atoms with Crippen LogP contribution in [-0.2, 0) is 16.2 Å². The molecule has 0 amide bonds. The number of benzene rings is 1. The molecule has 1 N–H and O–H groups in total. The fourth-order valence-electron chi connectivity index (χ4n) is 5.48. The van der Waals surface area contributed by atoms with Gasteiger partial charge in [0.25, 0.3) is 0 Å². The SMILES string of the molecule is Cc1nc(-c2nc(NC3CCN(S(C)(=O)=O)CC3)ncc2C(F)(F)F)cn1-c1ccc(N2CCC(N(C)C)C2)cc1F. The molecule has 228 valence electrons. The molecule has 4 heterocycles. The number of likely N-dealkylation sites (N-methyl/N-ethyl adjacent to an activating group) is 1. The van der Waals surface area contributed by atoms with Crippen molar-refractivity contribution < 1.29 is 26.0 Å². The number of halogens is 4. The van der Waals surface area contributed by atoms with E-state index in [4.69, 9.17) is 0 Å². The molecule has 0 aliphatic carbocycles. The minimum Gasteiger partial charge on any atom is -0.370 e. The molecule has 0 bridgehead atoms. The van der Waals surface area contributed by atoms with Crippen molar-refractivity contribution in [1.82, 2.24) is 28.7 Å². The van der Waals surface area contributed by atoms with E-state index < -0.39 is 33.3 Å². The molecular formula is C27H34F4N8O2S. The van der Waals surface area contributed by atoms with E-state index in [1.54, 1.807) is 19.1 Å². The highest BCUT2D eigenvalue weighted by atomic mass is 32.2. The highest BCUT2D eigenvalue weighted by Gasteiger charge is 2.37. The van der Waals surface area contributed by atoms with Gasteiger partial charge in [-0.3, -0.25) is 0 Å². The van der Waals surface area contributed by atoms with Crippen LogP contribution in [0.3, 0.4) is 0 Å². The van der Waals surface area contributed by atoms with Crippen LogP contribution in [-0.4, -0.2) is 95.8 Å². The highest BCUT2D eigenvalue weighted by Crippen LogP contribution is 2.36. The second kappa shape index (κ2) is 11.4. The maximum atomic E-state index is 15.4. The molecule has 0 spiro atoms. The summed E-state index contributed by atoms with van der Waals surface area (Å²) in [5.41, 5.74) is -0.665. The van der Waals surface area contributed by atoms with E-state index in [0.29, 0.717) is 30.9 Å². The van der Waals surface area contributed by atoms with Crippen molar-refractivity contribution in [3.8, 4) is 17.1 Å². The molecule has 1 aromatic carbocycles. The summed E-state index contributed by atoms with van der Waals surface area (Å²) < 4.78 is 83.7. The Balaban J connectivity index is 1.41. The van der Waals surface area contributed by atoms with Gasteiger partial charge in [-0.25, -0.2) is 32.1 Å². The molecule has 42 heavy (non-hydrogen) atoms. The largest absolute Gasteiger partial charge is 0.420 e. The first-order valence-electron chi connectivity index (χ1n) is 13.6. The van der Waals surface area contributed by atoms with Gasteiger partial charge in [-0.1, -0.05) is 0 Å². The maximum absolute atomic E-state index is 15.4. The lowest BCUT2D eigenvalue weighted by Crippen LogP contribution is -2.42. The summed E-state index contributed by atoms with van der Waals surface area (Å²) in [6.45, 7) is 3.73. The van der Waals surface area contributed by atoms with Crippen LogP contribution in [0.4, 0.5) is 29.2 Å². The second-order valence-electron chi connectivity index (χ2n) is 11.1. The van der Waals surface area contributed by atoms with Gasteiger partial charge in [0.2, 0.25) is 16.0 Å². The summed E-state index contributed by atoms with van der Waals surface area (Å²) in [6, 6.07) is 5.00. The number of rotatable bonds is 7. The summed E-state index contributed by atoms with van der Waals surface area (Å²) >= 11 is 0. The molecule has 15 heteroatoms. The number of nitrogens with zero attached hydrogens (tertiary/aromatic N) is 7. The average Bonchev–Trinajstić information content (AvgIpc) is 3.55. The molecule has 2 aliphatic rings. The van der Waals surface area contributed by atoms with Crippen LogP contribution >= 0.6 is 0 Å². The number of imidazole rings is 1. The number of alkyl halides is 3. The Morgan fingerprint density at radius 2 is 1.79 bits per heavy atom. The molecule has 2 aromatic heterocycles. The van der Waals surface area contributed by atoms with Crippen molar-refractivity contribution >= 4 is 21.7 Å². The van der Waals surface area contributed by atoms with Crippen molar-refractivity contribution in [1.29, 1.82) is 0 Å². The zero-order chi connectivity index (χ0) is 30.4.